The van der Waals surface area contributed by atoms with Gasteiger partial charge in [0.1, 0.15) is 11.5 Å². The van der Waals surface area contributed by atoms with E-state index in [0.717, 1.165) is 5.56 Å². The van der Waals surface area contributed by atoms with Crippen molar-refractivity contribution in [2.75, 3.05) is 32.2 Å². The van der Waals surface area contributed by atoms with Crippen LogP contribution in [-0.2, 0) is 28.3 Å². The first-order valence-electron chi connectivity index (χ1n) is 11.6. The Kier molecular flexibility index (Phi) is 8.22. The molecule has 3 atom stereocenters. The summed E-state index contributed by atoms with van der Waals surface area (Å²) in [5, 5.41) is 13.3. The molecule has 1 aromatic heterocycles. The van der Waals surface area contributed by atoms with E-state index >= 15 is 0 Å². The third kappa shape index (κ3) is 6.34. The highest BCUT2D eigenvalue weighted by Gasteiger charge is 2.38. The van der Waals surface area contributed by atoms with E-state index in [1.165, 1.54) is 19.4 Å². The number of methoxy groups -OCH3 is 1. The van der Waals surface area contributed by atoms with E-state index < -0.39 is 22.8 Å². The summed E-state index contributed by atoms with van der Waals surface area (Å²) in [6.45, 7) is 1.28. The summed E-state index contributed by atoms with van der Waals surface area (Å²) >= 11 is 0. The highest BCUT2D eigenvalue weighted by Crippen LogP contribution is 2.31. The van der Waals surface area contributed by atoms with E-state index in [9.17, 15) is 22.2 Å². The minimum atomic E-state index is -4.71. The molecule has 0 aliphatic carbocycles. The molecule has 9 nitrogen and oxygen atoms in total. The summed E-state index contributed by atoms with van der Waals surface area (Å²) in [5.74, 6) is -0.898. The maximum absolute atomic E-state index is 13.3. The van der Waals surface area contributed by atoms with Crippen molar-refractivity contribution in [3.63, 3.8) is 0 Å². The molecule has 1 saturated heterocycles. The Bertz CT molecular complexity index is 1250. The first-order valence-corrected chi connectivity index (χ1v) is 13.3. The lowest BCUT2D eigenvalue weighted by molar-refractivity contribution is -0.146. The summed E-state index contributed by atoms with van der Waals surface area (Å²) in [4.78, 5) is 14.3. The fraction of sp³-hybridized carbons (Fsp3) is 0.417. The molecular weight excluding hydrogens is 509 g/mol. The molecule has 0 spiro atoms. The largest absolute Gasteiger partial charge is 0.496 e. The van der Waals surface area contributed by atoms with Gasteiger partial charge < -0.3 is 15.0 Å². The third-order valence-corrected chi connectivity index (χ3v) is 6.96. The Morgan fingerprint density at radius 2 is 1.97 bits per heavy atom. The number of likely N-dealkylation sites (tertiary alicyclic amines) is 1. The molecule has 1 N–H and O–H groups in total. The molecule has 2 aromatic carbocycles. The molecule has 1 unspecified atom stereocenters. The van der Waals surface area contributed by atoms with Gasteiger partial charge in [-0.1, -0.05) is 30.3 Å². The summed E-state index contributed by atoms with van der Waals surface area (Å²) in [6, 6.07) is 14.4. The van der Waals surface area contributed by atoms with Gasteiger partial charge in [0.25, 0.3) is 5.82 Å². The number of piperidine rings is 1. The number of rotatable bonds is 8. The lowest BCUT2D eigenvalue weighted by Crippen LogP contribution is -2.50. The van der Waals surface area contributed by atoms with Gasteiger partial charge in [0.2, 0.25) is 5.91 Å². The number of hydrogen-bond donors (Lipinski definition) is 1. The zero-order valence-electron chi connectivity index (χ0n) is 20.3. The van der Waals surface area contributed by atoms with Crippen LogP contribution in [0.2, 0.25) is 0 Å². The van der Waals surface area contributed by atoms with Gasteiger partial charge in [-0.15, -0.1) is 5.10 Å². The van der Waals surface area contributed by atoms with Crippen LogP contribution >= 0.6 is 0 Å². The number of aromatic nitrogens is 4. The maximum atomic E-state index is 13.3. The number of alkyl halides is 3. The van der Waals surface area contributed by atoms with Crippen molar-refractivity contribution in [3.05, 3.63) is 65.5 Å². The minimum absolute atomic E-state index is 0.0132. The number of nitrogens with one attached hydrogen (secondary N) is 1. The number of ether oxygens (including phenoxy) is 1. The van der Waals surface area contributed by atoms with Crippen LogP contribution < -0.4 is 10.1 Å². The lowest BCUT2D eigenvalue weighted by Gasteiger charge is -2.39. The van der Waals surface area contributed by atoms with Crippen molar-refractivity contribution < 1.29 is 26.9 Å². The average Bonchev–Trinajstić information content (AvgIpc) is 3.38. The SMILES string of the molecule is COc1ccc(-n2nnnc2C(F)(F)F)cc1CN[C@H]1CCN(C(=O)CS(C)=O)C[C@H]1c1ccccc1. The second-order valence-electron chi connectivity index (χ2n) is 8.76. The summed E-state index contributed by atoms with van der Waals surface area (Å²) in [7, 11) is 0.268. The Labute approximate surface area is 214 Å². The number of tetrazole rings is 1. The molecule has 0 bridgehead atoms. The van der Waals surface area contributed by atoms with Crippen molar-refractivity contribution in [2.45, 2.75) is 31.1 Å². The molecule has 3 aromatic rings. The van der Waals surface area contributed by atoms with Crippen LogP contribution in [0.3, 0.4) is 0 Å². The van der Waals surface area contributed by atoms with Gasteiger partial charge in [0, 0.05) is 54.2 Å². The van der Waals surface area contributed by atoms with Gasteiger partial charge in [0.15, 0.2) is 0 Å². The number of benzene rings is 2. The van der Waals surface area contributed by atoms with Gasteiger partial charge in [-0.25, -0.2) is 0 Å². The highest BCUT2D eigenvalue weighted by molar-refractivity contribution is 7.85. The Balaban J connectivity index is 1.56. The standard InChI is InChI=1S/C24H27F3N6O3S/c1-36-21-9-8-18(33-23(24(25,26)27)29-30-31-33)12-17(21)13-28-20-10-11-32(22(34)15-37(2)35)14-19(20)16-6-4-3-5-7-16/h3-9,12,19-20,28H,10-11,13-15H2,1-2H3/t19-,20-,37?/m0/s1. The highest BCUT2D eigenvalue weighted by atomic mass is 32.2. The second kappa shape index (κ2) is 11.4. The first-order chi connectivity index (χ1) is 17.7. The van der Waals surface area contributed by atoms with Crippen LogP contribution in [0.25, 0.3) is 5.69 Å². The smallest absolute Gasteiger partial charge is 0.453 e. The minimum Gasteiger partial charge on any atom is -0.496 e. The van der Waals surface area contributed by atoms with Crippen molar-refractivity contribution in [2.24, 2.45) is 0 Å². The third-order valence-electron chi connectivity index (χ3n) is 6.31. The molecule has 1 aliphatic heterocycles. The molecule has 4 rings (SSSR count). The van der Waals surface area contributed by atoms with Gasteiger partial charge in [0.05, 0.1) is 12.8 Å². The van der Waals surface area contributed by atoms with E-state index in [1.54, 1.807) is 17.0 Å². The van der Waals surface area contributed by atoms with E-state index in [2.05, 4.69) is 20.8 Å². The molecule has 1 aliphatic rings. The number of carbonyl (C=O) groups is 1. The van der Waals surface area contributed by atoms with E-state index in [4.69, 9.17) is 4.74 Å². The Hall–Kier alpha value is -3.32. The topological polar surface area (TPSA) is 102 Å². The molecular formula is C24H27F3N6O3S. The molecule has 13 heteroatoms. The molecule has 1 amide bonds. The summed E-state index contributed by atoms with van der Waals surface area (Å²) < 4.78 is 57.6. The number of hydrogen-bond acceptors (Lipinski definition) is 7. The zero-order chi connectivity index (χ0) is 26.6. The van der Waals surface area contributed by atoms with Crippen LogP contribution in [0.5, 0.6) is 5.75 Å². The van der Waals surface area contributed by atoms with Crippen LogP contribution in [-0.4, -0.2) is 73.5 Å². The molecule has 0 radical (unpaired) electrons. The van der Waals surface area contributed by atoms with Crippen molar-refractivity contribution in [3.8, 4) is 11.4 Å². The zero-order valence-corrected chi connectivity index (χ0v) is 21.1. The fourth-order valence-electron chi connectivity index (χ4n) is 4.54. The number of halogens is 3. The molecule has 198 valence electrons. The predicted molar refractivity (Wildman–Crippen MR) is 131 cm³/mol. The van der Waals surface area contributed by atoms with E-state index in [0.29, 0.717) is 42.0 Å². The number of amides is 1. The fourth-order valence-corrected chi connectivity index (χ4v) is 5.07. The normalized spacial score (nSPS) is 19.0. The van der Waals surface area contributed by atoms with Crippen molar-refractivity contribution >= 4 is 16.7 Å². The van der Waals surface area contributed by atoms with Crippen LogP contribution in [0.4, 0.5) is 13.2 Å². The van der Waals surface area contributed by atoms with Crippen LogP contribution in [0, 0.1) is 0 Å². The summed E-state index contributed by atoms with van der Waals surface area (Å²) in [6.07, 6.45) is -2.55. The molecule has 1 fully saturated rings. The second-order valence-corrected chi connectivity index (χ2v) is 10.2. The predicted octanol–water partition coefficient (Wildman–Crippen LogP) is 2.54. The van der Waals surface area contributed by atoms with Gasteiger partial charge in [-0.05, 0) is 40.6 Å². The lowest BCUT2D eigenvalue weighted by atomic mass is 9.85. The number of carbonyl (C=O) groups excluding carboxylic acids is 1. The van der Waals surface area contributed by atoms with E-state index in [-0.39, 0.29) is 29.3 Å². The first kappa shape index (κ1) is 26.7. The van der Waals surface area contributed by atoms with Crippen molar-refractivity contribution in [1.82, 2.24) is 30.4 Å². The monoisotopic (exact) mass is 536 g/mol. The van der Waals surface area contributed by atoms with Crippen LogP contribution in [0.1, 0.15) is 29.3 Å². The molecule has 0 saturated carbocycles. The number of nitrogens with zero attached hydrogens (tertiary/aromatic N) is 5. The Morgan fingerprint density at radius 1 is 1.22 bits per heavy atom. The van der Waals surface area contributed by atoms with Gasteiger partial charge >= 0.3 is 6.18 Å². The van der Waals surface area contributed by atoms with Gasteiger partial charge in [-0.3, -0.25) is 9.00 Å². The molecule has 2 heterocycles. The molecule has 37 heavy (non-hydrogen) atoms. The Morgan fingerprint density at radius 3 is 2.65 bits per heavy atom. The average molecular weight is 537 g/mol. The van der Waals surface area contributed by atoms with Crippen LogP contribution in [0.15, 0.2) is 48.5 Å². The van der Waals surface area contributed by atoms with Crippen molar-refractivity contribution in [1.29, 1.82) is 0 Å². The summed E-state index contributed by atoms with van der Waals surface area (Å²) in [5.41, 5.74) is 1.84. The van der Waals surface area contributed by atoms with Gasteiger partial charge in [-0.2, -0.15) is 17.9 Å². The maximum Gasteiger partial charge on any atom is 0.453 e. The van der Waals surface area contributed by atoms with E-state index in [1.807, 2.05) is 30.3 Å². The quantitative estimate of drug-likeness (QED) is 0.472.